The van der Waals surface area contributed by atoms with Crippen LogP contribution >= 0.6 is 0 Å². The molecule has 7 heteroatoms. The summed E-state index contributed by atoms with van der Waals surface area (Å²) < 4.78 is 18.2. The molecule has 2 heterocycles. The fraction of sp³-hybridized carbons (Fsp3) is 0.261. The van der Waals surface area contributed by atoms with E-state index in [1.54, 1.807) is 30.7 Å². The van der Waals surface area contributed by atoms with Crippen LogP contribution in [0.3, 0.4) is 0 Å². The van der Waals surface area contributed by atoms with Gasteiger partial charge in [0.25, 0.3) is 0 Å². The van der Waals surface area contributed by atoms with Gasteiger partial charge in [-0.3, -0.25) is 9.59 Å². The molecule has 0 amide bonds. The molecule has 0 saturated heterocycles. The van der Waals surface area contributed by atoms with E-state index < -0.39 is 0 Å². The van der Waals surface area contributed by atoms with Crippen LogP contribution in [0.1, 0.15) is 35.2 Å². The Morgan fingerprint density at radius 1 is 1.00 bits per heavy atom. The Bertz CT molecular complexity index is 1010. The lowest BCUT2D eigenvalue weighted by Gasteiger charge is -2.18. The largest absolute Gasteiger partial charge is 0.486 e. The monoisotopic (exact) mass is 406 g/mol. The Morgan fingerprint density at radius 3 is 2.57 bits per heavy atom. The lowest BCUT2D eigenvalue weighted by molar-refractivity contribution is -0.145. The van der Waals surface area contributed by atoms with E-state index in [0.717, 1.165) is 11.3 Å². The van der Waals surface area contributed by atoms with Gasteiger partial charge in [-0.2, -0.15) is 0 Å². The van der Waals surface area contributed by atoms with E-state index in [1.165, 1.54) is 0 Å². The number of fused-ring (bicyclic) bond motifs is 1. The van der Waals surface area contributed by atoms with Crippen molar-refractivity contribution in [3.05, 3.63) is 72.3 Å². The van der Waals surface area contributed by atoms with Gasteiger partial charge in [-0.25, -0.2) is 4.98 Å². The van der Waals surface area contributed by atoms with E-state index in [4.69, 9.17) is 14.2 Å². The number of rotatable bonds is 8. The van der Waals surface area contributed by atoms with Crippen LogP contribution in [0.25, 0.3) is 5.69 Å². The van der Waals surface area contributed by atoms with Crippen LogP contribution < -0.4 is 9.47 Å². The van der Waals surface area contributed by atoms with Gasteiger partial charge in [-0.15, -0.1) is 0 Å². The lowest BCUT2D eigenvalue weighted by atomic mass is 10.0. The molecule has 0 radical (unpaired) electrons. The van der Waals surface area contributed by atoms with Gasteiger partial charge >= 0.3 is 5.97 Å². The first-order valence-corrected chi connectivity index (χ1v) is 9.85. The van der Waals surface area contributed by atoms with Crippen molar-refractivity contribution < 1.29 is 23.8 Å². The van der Waals surface area contributed by atoms with Crippen LogP contribution in [0.15, 0.2) is 61.2 Å². The smallest absolute Gasteiger partial charge is 0.306 e. The highest BCUT2D eigenvalue weighted by atomic mass is 16.6. The summed E-state index contributed by atoms with van der Waals surface area (Å²) >= 11 is 0. The molecule has 0 spiro atoms. The molecule has 154 valence electrons. The van der Waals surface area contributed by atoms with E-state index in [1.807, 2.05) is 35.0 Å². The number of carbonyl (C=O) groups is 2. The predicted octanol–water partition coefficient (Wildman–Crippen LogP) is 3.74. The van der Waals surface area contributed by atoms with Gasteiger partial charge in [-0.1, -0.05) is 12.1 Å². The molecule has 1 aliphatic rings. The molecule has 0 bridgehead atoms. The summed E-state index contributed by atoms with van der Waals surface area (Å²) in [5.41, 5.74) is 2.45. The number of hydrogen-bond acceptors (Lipinski definition) is 6. The minimum atomic E-state index is -0.316. The van der Waals surface area contributed by atoms with Crippen molar-refractivity contribution in [1.29, 1.82) is 0 Å². The zero-order valence-electron chi connectivity index (χ0n) is 16.5. The van der Waals surface area contributed by atoms with E-state index in [-0.39, 0.29) is 31.2 Å². The van der Waals surface area contributed by atoms with Crippen molar-refractivity contribution >= 4 is 11.8 Å². The van der Waals surface area contributed by atoms with Crippen molar-refractivity contribution in [2.24, 2.45) is 0 Å². The number of carbonyl (C=O) groups excluding carboxylic acids is 2. The number of hydrogen-bond donors (Lipinski definition) is 0. The Kier molecular flexibility index (Phi) is 6.08. The van der Waals surface area contributed by atoms with Crippen molar-refractivity contribution in [3.63, 3.8) is 0 Å². The molecule has 7 nitrogen and oxygen atoms in total. The average Bonchev–Trinajstić information content (AvgIpc) is 3.32. The van der Waals surface area contributed by atoms with E-state index in [9.17, 15) is 9.59 Å². The van der Waals surface area contributed by atoms with Crippen molar-refractivity contribution in [2.75, 3.05) is 13.2 Å². The first kappa shape index (κ1) is 19.7. The summed E-state index contributed by atoms with van der Waals surface area (Å²) in [6.07, 6.45) is 6.21. The minimum Gasteiger partial charge on any atom is -0.486 e. The number of ketones is 1. The second-order valence-corrected chi connectivity index (χ2v) is 6.93. The Labute approximate surface area is 174 Å². The van der Waals surface area contributed by atoms with Gasteiger partial charge in [0.15, 0.2) is 17.3 Å². The predicted molar refractivity (Wildman–Crippen MR) is 109 cm³/mol. The normalized spacial score (nSPS) is 12.4. The van der Waals surface area contributed by atoms with E-state index >= 15 is 0 Å². The average molecular weight is 406 g/mol. The van der Waals surface area contributed by atoms with Crippen LogP contribution in [0, 0.1) is 0 Å². The third-order valence-corrected chi connectivity index (χ3v) is 4.79. The summed E-state index contributed by atoms with van der Waals surface area (Å²) in [4.78, 5) is 28.4. The highest BCUT2D eigenvalue weighted by Crippen LogP contribution is 2.31. The van der Waals surface area contributed by atoms with Crippen LogP contribution in [-0.4, -0.2) is 34.5 Å². The maximum absolute atomic E-state index is 12.4. The number of benzene rings is 2. The molecule has 1 aliphatic heterocycles. The molecule has 3 aromatic rings. The quantitative estimate of drug-likeness (QED) is 0.419. The second kappa shape index (κ2) is 9.26. The Hall–Kier alpha value is -3.61. The van der Waals surface area contributed by atoms with Gasteiger partial charge in [-0.05, 0) is 42.3 Å². The highest BCUT2D eigenvalue weighted by Gasteiger charge is 2.15. The summed E-state index contributed by atoms with van der Waals surface area (Å²) in [7, 11) is 0. The molecule has 0 saturated carbocycles. The Morgan fingerprint density at radius 2 is 1.80 bits per heavy atom. The number of esters is 1. The first-order chi connectivity index (χ1) is 14.7. The van der Waals surface area contributed by atoms with Crippen LogP contribution in [-0.2, 0) is 16.1 Å². The molecular formula is C23H22N2O5. The van der Waals surface area contributed by atoms with Gasteiger partial charge in [0.1, 0.15) is 19.8 Å². The van der Waals surface area contributed by atoms with E-state index in [2.05, 4.69) is 4.98 Å². The molecule has 0 atom stereocenters. The van der Waals surface area contributed by atoms with Crippen LogP contribution in [0.5, 0.6) is 11.5 Å². The number of Topliss-reactive ketones (excluding diaryl/α,β-unsaturated/α-hetero) is 1. The molecule has 2 aromatic carbocycles. The van der Waals surface area contributed by atoms with Gasteiger partial charge in [0.2, 0.25) is 0 Å². The van der Waals surface area contributed by atoms with Gasteiger partial charge < -0.3 is 18.8 Å². The standard InChI is InChI=1S/C23H22N2O5/c26-20(18-6-9-21-22(14-18)29-13-12-28-21)2-1-3-23(27)30-15-17-4-7-19(8-5-17)25-11-10-24-16-25/h4-11,14,16H,1-3,12-13,15H2. The molecule has 0 aliphatic carbocycles. The second-order valence-electron chi connectivity index (χ2n) is 6.93. The molecule has 1 aromatic heterocycles. The number of ether oxygens (including phenoxy) is 3. The van der Waals surface area contributed by atoms with Crippen LogP contribution in [0.2, 0.25) is 0 Å². The first-order valence-electron chi connectivity index (χ1n) is 9.85. The number of aromatic nitrogens is 2. The summed E-state index contributed by atoms with van der Waals surface area (Å²) in [6.45, 7) is 1.19. The molecule has 0 unspecified atom stereocenters. The number of imidazole rings is 1. The maximum atomic E-state index is 12.4. The summed E-state index contributed by atoms with van der Waals surface area (Å²) in [6, 6.07) is 12.9. The van der Waals surface area contributed by atoms with Crippen molar-refractivity contribution in [2.45, 2.75) is 25.9 Å². The fourth-order valence-corrected chi connectivity index (χ4v) is 3.17. The fourth-order valence-electron chi connectivity index (χ4n) is 3.17. The van der Waals surface area contributed by atoms with Gasteiger partial charge in [0.05, 0.1) is 6.33 Å². The SMILES string of the molecule is O=C(CCCC(=O)c1ccc2c(c1)OCCO2)OCc1ccc(-n2ccnc2)cc1. The van der Waals surface area contributed by atoms with Crippen molar-refractivity contribution in [3.8, 4) is 17.2 Å². The lowest BCUT2D eigenvalue weighted by Crippen LogP contribution is -2.15. The number of nitrogens with zero attached hydrogens (tertiary/aromatic N) is 2. The molecule has 4 rings (SSSR count). The van der Waals surface area contributed by atoms with E-state index in [0.29, 0.717) is 36.7 Å². The zero-order valence-corrected chi connectivity index (χ0v) is 16.5. The van der Waals surface area contributed by atoms with Gasteiger partial charge in [0, 0.05) is 36.5 Å². The summed E-state index contributed by atoms with van der Waals surface area (Å²) in [5.74, 6) is 0.892. The van der Waals surface area contributed by atoms with Crippen LogP contribution in [0.4, 0.5) is 0 Å². The zero-order chi connectivity index (χ0) is 20.8. The minimum absolute atomic E-state index is 0.0325. The third kappa shape index (κ3) is 4.86. The molecule has 0 fully saturated rings. The maximum Gasteiger partial charge on any atom is 0.306 e. The highest BCUT2D eigenvalue weighted by molar-refractivity contribution is 5.96. The topological polar surface area (TPSA) is 79.7 Å². The molecule has 0 N–H and O–H groups in total. The molecular weight excluding hydrogens is 384 g/mol. The summed E-state index contributed by atoms with van der Waals surface area (Å²) in [5, 5.41) is 0. The molecule has 30 heavy (non-hydrogen) atoms. The third-order valence-electron chi connectivity index (χ3n) is 4.79. The van der Waals surface area contributed by atoms with Crippen molar-refractivity contribution in [1.82, 2.24) is 9.55 Å². The Balaban J connectivity index is 1.20.